The summed E-state index contributed by atoms with van der Waals surface area (Å²) in [6.07, 6.45) is 1.39. The number of nitrogens with one attached hydrogen (secondary N) is 1. The molecule has 0 heterocycles. The molecule has 2 rings (SSSR count). The van der Waals surface area contributed by atoms with Gasteiger partial charge in [-0.25, -0.2) is 8.42 Å². The number of halogens is 2. The van der Waals surface area contributed by atoms with Crippen LogP contribution in [-0.2, 0) is 26.2 Å². The highest BCUT2D eigenvalue weighted by molar-refractivity contribution is 7.92. The van der Waals surface area contributed by atoms with E-state index in [0.717, 1.165) is 21.7 Å². The van der Waals surface area contributed by atoms with Gasteiger partial charge in [-0.2, -0.15) is 0 Å². The van der Waals surface area contributed by atoms with Gasteiger partial charge in [0.15, 0.2) is 0 Å². The number of nitrogens with zero attached hydrogens (tertiary/aromatic N) is 2. The van der Waals surface area contributed by atoms with E-state index in [9.17, 15) is 18.0 Å². The van der Waals surface area contributed by atoms with Crippen LogP contribution in [0.4, 0.5) is 5.69 Å². The standard InChI is InChI=1S/C23H29Cl2N3O4S/c1-6-20(23(30)26-4)27(13-17-10-11-18(24)12-19(17)25)22(29)14-28(33(5,31)32)21-9-7-8-15(2)16(21)3/h7-12,20H,6,13-14H2,1-5H3,(H,26,30). The molecule has 2 amide bonds. The molecule has 1 N–H and O–H groups in total. The van der Waals surface area contributed by atoms with Crippen LogP contribution in [0, 0.1) is 13.8 Å². The van der Waals surface area contributed by atoms with Gasteiger partial charge >= 0.3 is 0 Å². The number of amides is 2. The van der Waals surface area contributed by atoms with E-state index in [-0.39, 0.29) is 12.5 Å². The fourth-order valence-electron chi connectivity index (χ4n) is 3.52. The van der Waals surface area contributed by atoms with E-state index < -0.39 is 28.5 Å². The first kappa shape index (κ1) is 27.0. The molecule has 1 unspecified atom stereocenters. The molecule has 0 aliphatic rings. The predicted molar refractivity (Wildman–Crippen MR) is 133 cm³/mol. The molecule has 0 fully saturated rings. The van der Waals surface area contributed by atoms with Crippen molar-refractivity contribution in [3.8, 4) is 0 Å². The molecule has 0 saturated heterocycles. The van der Waals surface area contributed by atoms with E-state index in [1.54, 1.807) is 44.2 Å². The summed E-state index contributed by atoms with van der Waals surface area (Å²) >= 11 is 12.3. The monoisotopic (exact) mass is 513 g/mol. The Labute approximate surface area is 205 Å². The molecule has 0 saturated carbocycles. The van der Waals surface area contributed by atoms with Gasteiger partial charge in [-0.1, -0.05) is 48.3 Å². The first-order valence-corrected chi connectivity index (χ1v) is 13.0. The van der Waals surface area contributed by atoms with Gasteiger partial charge in [-0.3, -0.25) is 13.9 Å². The zero-order valence-corrected chi connectivity index (χ0v) is 21.7. The lowest BCUT2D eigenvalue weighted by Crippen LogP contribution is -2.51. The van der Waals surface area contributed by atoms with Crippen molar-refractivity contribution in [1.82, 2.24) is 10.2 Å². The maximum Gasteiger partial charge on any atom is 0.244 e. The number of rotatable bonds is 9. The molecule has 10 heteroatoms. The lowest BCUT2D eigenvalue weighted by Gasteiger charge is -2.33. The maximum absolute atomic E-state index is 13.5. The van der Waals surface area contributed by atoms with Crippen LogP contribution in [0.1, 0.15) is 30.0 Å². The van der Waals surface area contributed by atoms with E-state index in [1.807, 2.05) is 13.0 Å². The zero-order chi connectivity index (χ0) is 24.9. The molecule has 0 aromatic heterocycles. The second-order valence-electron chi connectivity index (χ2n) is 7.78. The number of anilines is 1. The number of benzene rings is 2. The molecule has 0 bridgehead atoms. The Hall–Kier alpha value is -2.29. The fraction of sp³-hybridized carbons (Fsp3) is 0.391. The van der Waals surface area contributed by atoms with Crippen LogP contribution in [0.3, 0.4) is 0 Å². The highest BCUT2D eigenvalue weighted by Gasteiger charge is 2.32. The first-order chi connectivity index (χ1) is 15.4. The molecule has 0 spiro atoms. The van der Waals surface area contributed by atoms with E-state index in [0.29, 0.717) is 27.7 Å². The Morgan fingerprint density at radius 1 is 1.12 bits per heavy atom. The van der Waals surface area contributed by atoms with Crippen molar-refractivity contribution in [3.63, 3.8) is 0 Å². The van der Waals surface area contributed by atoms with Gasteiger partial charge < -0.3 is 10.2 Å². The van der Waals surface area contributed by atoms with Crippen LogP contribution in [0.5, 0.6) is 0 Å². The number of carbonyl (C=O) groups is 2. The van der Waals surface area contributed by atoms with Gasteiger partial charge in [-0.15, -0.1) is 0 Å². The van der Waals surface area contributed by atoms with Crippen LogP contribution >= 0.6 is 23.2 Å². The lowest BCUT2D eigenvalue weighted by molar-refractivity contribution is -0.140. The largest absolute Gasteiger partial charge is 0.357 e. The summed E-state index contributed by atoms with van der Waals surface area (Å²) in [4.78, 5) is 27.5. The van der Waals surface area contributed by atoms with Crippen LogP contribution in [0.2, 0.25) is 10.0 Å². The normalized spacial score (nSPS) is 12.2. The molecule has 0 radical (unpaired) electrons. The van der Waals surface area contributed by atoms with Gasteiger partial charge in [0.2, 0.25) is 21.8 Å². The van der Waals surface area contributed by atoms with Crippen LogP contribution < -0.4 is 9.62 Å². The summed E-state index contributed by atoms with van der Waals surface area (Å²) in [6, 6.07) is 9.34. The predicted octanol–water partition coefficient (Wildman–Crippen LogP) is 3.93. The topological polar surface area (TPSA) is 86.8 Å². The minimum atomic E-state index is -3.79. The number of likely N-dealkylation sites (N-methyl/N-ethyl adjacent to an activating group) is 1. The summed E-state index contributed by atoms with van der Waals surface area (Å²) in [5.74, 6) is -0.878. The molecule has 0 aliphatic heterocycles. The molecule has 2 aromatic carbocycles. The number of aryl methyl sites for hydroxylation is 1. The number of hydrogen-bond acceptors (Lipinski definition) is 4. The second kappa shape index (κ2) is 11.2. The van der Waals surface area contributed by atoms with Crippen molar-refractivity contribution in [2.75, 3.05) is 24.2 Å². The summed E-state index contributed by atoms with van der Waals surface area (Å²) < 4.78 is 26.4. The fourth-order valence-corrected chi connectivity index (χ4v) is 4.89. The number of sulfonamides is 1. The first-order valence-electron chi connectivity index (χ1n) is 10.4. The average Bonchev–Trinajstić information content (AvgIpc) is 2.74. The zero-order valence-electron chi connectivity index (χ0n) is 19.4. The molecular weight excluding hydrogens is 485 g/mol. The molecule has 33 heavy (non-hydrogen) atoms. The van der Waals surface area contributed by atoms with Crippen LogP contribution in [0.25, 0.3) is 0 Å². The average molecular weight is 514 g/mol. The van der Waals surface area contributed by atoms with Crippen molar-refractivity contribution in [3.05, 3.63) is 63.1 Å². The smallest absolute Gasteiger partial charge is 0.244 e. The van der Waals surface area contributed by atoms with Crippen molar-refractivity contribution >= 4 is 50.7 Å². The molecule has 1 atom stereocenters. The van der Waals surface area contributed by atoms with Gasteiger partial charge in [0.25, 0.3) is 0 Å². The maximum atomic E-state index is 13.5. The van der Waals surface area contributed by atoms with Crippen molar-refractivity contribution in [2.24, 2.45) is 0 Å². The lowest BCUT2D eigenvalue weighted by atomic mass is 10.1. The molecule has 180 valence electrons. The molecular formula is C23H29Cl2N3O4S. The summed E-state index contributed by atoms with van der Waals surface area (Å²) in [5.41, 5.74) is 2.66. The van der Waals surface area contributed by atoms with Gasteiger partial charge in [0.1, 0.15) is 12.6 Å². The summed E-state index contributed by atoms with van der Waals surface area (Å²) in [7, 11) is -2.30. The quantitative estimate of drug-likeness (QED) is 0.550. The minimum absolute atomic E-state index is 0.0190. The van der Waals surface area contributed by atoms with Crippen LogP contribution in [0.15, 0.2) is 36.4 Å². The van der Waals surface area contributed by atoms with E-state index in [4.69, 9.17) is 23.2 Å². The third kappa shape index (κ3) is 6.62. The molecule has 0 aliphatic carbocycles. The highest BCUT2D eigenvalue weighted by atomic mass is 35.5. The molecule has 2 aromatic rings. The van der Waals surface area contributed by atoms with E-state index >= 15 is 0 Å². The third-order valence-electron chi connectivity index (χ3n) is 5.51. The SMILES string of the molecule is CCC(C(=O)NC)N(Cc1ccc(Cl)cc1Cl)C(=O)CN(c1cccc(C)c1C)S(C)(=O)=O. The Kier molecular flexibility index (Phi) is 9.17. The highest BCUT2D eigenvalue weighted by Crippen LogP contribution is 2.27. The van der Waals surface area contributed by atoms with Gasteiger partial charge in [-0.05, 0) is 55.2 Å². The Balaban J connectivity index is 2.51. The molecule has 7 nitrogen and oxygen atoms in total. The number of hydrogen-bond donors (Lipinski definition) is 1. The van der Waals surface area contributed by atoms with Gasteiger partial charge in [0, 0.05) is 23.6 Å². The van der Waals surface area contributed by atoms with Crippen molar-refractivity contribution in [1.29, 1.82) is 0 Å². The van der Waals surface area contributed by atoms with Crippen LogP contribution in [-0.4, -0.2) is 51.0 Å². The Morgan fingerprint density at radius 2 is 1.79 bits per heavy atom. The van der Waals surface area contributed by atoms with E-state index in [1.165, 1.54) is 11.9 Å². The minimum Gasteiger partial charge on any atom is -0.357 e. The third-order valence-corrected chi connectivity index (χ3v) is 7.23. The summed E-state index contributed by atoms with van der Waals surface area (Å²) in [5, 5.41) is 3.37. The van der Waals surface area contributed by atoms with E-state index in [2.05, 4.69) is 5.32 Å². The van der Waals surface area contributed by atoms with Crippen molar-refractivity contribution in [2.45, 2.75) is 39.8 Å². The number of carbonyl (C=O) groups excluding carboxylic acids is 2. The Morgan fingerprint density at radius 3 is 2.33 bits per heavy atom. The van der Waals surface area contributed by atoms with Crippen molar-refractivity contribution < 1.29 is 18.0 Å². The second-order valence-corrected chi connectivity index (χ2v) is 10.5. The van der Waals surface area contributed by atoms with Gasteiger partial charge in [0.05, 0.1) is 11.9 Å². The summed E-state index contributed by atoms with van der Waals surface area (Å²) in [6.45, 7) is 5.02. The Bertz CT molecular complexity index is 1140.